The molecule has 5 heteroatoms. The summed E-state index contributed by atoms with van der Waals surface area (Å²) in [5.41, 5.74) is 0.924. The monoisotopic (exact) mass is 303 g/mol. The van der Waals surface area contributed by atoms with Crippen molar-refractivity contribution in [2.45, 2.75) is 6.18 Å². The summed E-state index contributed by atoms with van der Waals surface area (Å²) >= 11 is 0. The van der Waals surface area contributed by atoms with Gasteiger partial charge in [-0.15, -0.1) is 0 Å². The van der Waals surface area contributed by atoms with Gasteiger partial charge in [-0.25, -0.2) is 0 Å². The van der Waals surface area contributed by atoms with Gasteiger partial charge in [0.2, 0.25) is 0 Å². The van der Waals surface area contributed by atoms with Gasteiger partial charge in [-0.1, -0.05) is 12.1 Å². The van der Waals surface area contributed by atoms with Crippen LogP contribution in [0.3, 0.4) is 0 Å². The van der Waals surface area contributed by atoms with Crippen LogP contribution in [0.15, 0.2) is 54.7 Å². The Morgan fingerprint density at radius 3 is 2.23 bits per heavy atom. The number of aryl methyl sites for hydroxylation is 1. The molecule has 0 atom stereocenters. The van der Waals surface area contributed by atoms with Crippen molar-refractivity contribution in [1.82, 2.24) is 4.57 Å². The van der Waals surface area contributed by atoms with Crippen LogP contribution in [0, 0.1) is 0 Å². The molecule has 0 radical (unpaired) electrons. The first-order valence-electron chi connectivity index (χ1n) is 6.63. The van der Waals surface area contributed by atoms with Crippen molar-refractivity contribution >= 4 is 16.7 Å². The lowest BCUT2D eigenvalue weighted by atomic mass is 10.0. The molecule has 3 rings (SSSR count). The summed E-state index contributed by atoms with van der Waals surface area (Å²) in [4.78, 5) is 12.4. The molecule has 0 aliphatic heterocycles. The minimum atomic E-state index is -4.40. The lowest BCUT2D eigenvalue weighted by molar-refractivity contribution is -0.137. The summed E-state index contributed by atoms with van der Waals surface area (Å²) in [7, 11) is 1.90. The van der Waals surface area contributed by atoms with Crippen LogP contribution in [0.5, 0.6) is 0 Å². The lowest BCUT2D eigenvalue weighted by Gasteiger charge is -2.07. The summed E-state index contributed by atoms with van der Waals surface area (Å²) in [5.74, 6) is -0.292. The Morgan fingerprint density at radius 2 is 1.59 bits per heavy atom. The number of ketones is 1. The zero-order valence-corrected chi connectivity index (χ0v) is 11.7. The second-order valence-corrected chi connectivity index (χ2v) is 5.10. The highest BCUT2D eigenvalue weighted by Gasteiger charge is 2.30. The Morgan fingerprint density at radius 1 is 0.955 bits per heavy atom. The fourth-order valence-electron chi connectivity index (χ4n) is 2.40. The summed E-state index contributed by atoms with van der Waals surface area (Å²) < 4.78 is 39.5. The van der Waals surface area contributed by atoms with Gasteiger partial charge in [0.1, 0.15) is 0 Å². The van der Waals surface area contributed by atoms with E-state index >= 15 is 0 Å². The van der Waals surface area contributed by atoms with Crippen LogP contribution in [0.1, 0.15) is 21.5 Å². The Balaban J connectivity index is 1.95. The molecule has 2 aromatic carbocycles. The smallest absolute Gasteiger partial charge is 0.351 e. The van der Waals surface area contributed by atoms with Gasteiger partial charge in [0.25, 0.3) is 0 Å². The van der Waals surface area contributed by atoms with E-state index in [-0.39, 0.29) is 11.3 Å². The fraction of sp³-hybridized carbons (Fsp3) is 0.118. The highest BCUT2D eigenvalue weighted by Crippen LogP contribution is 2.29. The van der Waals surface area contributed by atoms with E-state index in [9.17, 15) is 18.0 Å². The lowest BCUT2D eigenvalue weighted by Crippen LogP contribution is -2.06. The molecular formula is C17H12F3NO. The van der Waals surface area contributed by atoms with Crippen LogP contribution < -0.4 is 0 Å². The average Bonchev–Trinajstić information content (AvgIpc) is 2.87. The quantitative estimate of drug-likeness (QED) is 0.642. The number of aromatic nitrogens is 1. The molecule has 0 N–H and O–H groups in total. The SMILES string of the molecule is Cn1ccc2cc(C(=O)c3ccc(C(F)(F)F)cc3)ccc21. The minimum Gasteiger partial charge on any atom is -0.351 e. The van der Waals surface area contributed by atoms with Gasteiger partial charge in [-0.2, -0.15) is 13.2 Å². The molecule has 0 saturated heterocycles. The molecule has 0 aliphatic rings. The van der Waals surface area contributed by atoms with Crippen molar-refractivity contribution in [3.05, 3.63) is 71.4 Å². The number of carbonyl (C=O) groups excluding carboxylic acids is 1. The van der Waals surface area contributed by atoms with Crippen molar-refractivity contribution in [2.75, 3.05) is 0 Å². The van der Waals surface area contributed by atoms with Gasteiger partial charge in [-0.3, -0.25) is 4.79 Å². The molecule has 22 heavy (non-hydrogen) atoms. The predicted molar refractivity (Wildman–Crippen MR) is 77.8 cm³/mol. The molecule has 0 amide bonds. The highest BCUT2D eigenvalue weighted by molar-refractivity contribution is 6.10. The third-order valence-electron chi connectivity index (χ3n) is 3.62. The van der Waals surface area contributed by atoms with Crippen molar-refractivity contribution in [1.29, 1.82) is 0 Å². The van der Waals surface area contributed by atoms with Crippen molar-refractivity contribution < 1.29 is 18.0 Å². The van der Waals surface area contributed by atoms with Gasteiger partial charge in [-0.05, 0) is 36.4 Å². The number of alkyl halides is 3. The van der Waals surface area contributed by atoms with Crippen molar-refractivity contribution in [3.63, 3.8) is 0 Å². The number of nitrogens with zero attached hydrogens (tertiary/aromatic N) is 1. The molecule has 112 valence electrons. The summed E-state index contributed by atoms with van der Waals surface area (Å²) in [6.45, 7) is 0. The second-order valence-electron chi connectivity index (χ2n) is 5.10. The number of hydrogen-bond acceptors (Lipinski definition) is 1. The largest absolute Gasteiger partial charge is 0.416 e. The normalized spacial score (nSPS) is 11.8. The maximum atomic E-state index is 12.5. The molecule has 1 aromatic heterocycles. The van der Waals surface area contributed by atoms with Gasteiger partial charge in [0.15, 0.2) is 5.78 Å². The number of fused-ring (bicyclic) bond motifs is 1. The molecule has 0 spiro atoms. The Labute approximate surface area is 124 Å². The molecule has 1 heterocycles. The van der Waals surface area contributed by atoms with E-state index in [0.717, 1.165) is 23.0 Å². The number of rotatable bonds is 2. The number of benzene rings is 2. The minimum absolute atomic E-state index is 0.239. The van der Waals surface area contributed by atoms with E-state index < -0.39 is 11.7 Å². The Kier molecular flexibility index (Phi) is 3.28. The molecule has 0 aliphatic carbocycles. The topological polar surface area (TPSA) is 22.0 Å². The van der Waals surface area contributed by atoms with Crippen LogP contribution in [0.2, 0.25) is 0 Å². The van der Waals surface area contributed by atoms with Gasteiger partial charge in [0, 0.05) is 35.3 Å². The van der Waals surface area contributed by atoms with Crippen LogP contribution in [-0.2, 0) is 13.2 Å². The zero-order valence-electron chi connectivity index (χ0n) is 11.7. The van der Waals surface area contributed by atoms with Crippen LogP contribution >= 0.6 is 0 Å². The summed E-state index contributed by atoms with van der Waals surface area (Å²) in [5, 5.41) is 0.917. The first kappa shape index (κ1) is 14.4. The van der Waals surface area contributed by atoms with E-state index in [2.05, 4.69) is 0 Å². The molecule has 0 fully saturated rings. The molecule has 2 nitrogen and oxygen atoms in total. The van der Waals surface area contributed by atoms with E-state index in [1.54, 1.807) is 12.1 Å². The van der Waals surface area contributed by atoms with Crippen molar-refractivity contribution in [3.8, 4) is 0 Å². The number of carbonyl (C=O) groups is 1. The maximum absolute atomic E-state index is 12.5. The Hall–Kier alpha value is -2.56. The first-order valence-corrected chi connectivity index (χ1v) is 6.63. The molecule has 3 aromatic rings. The van der Waals surface area contributed by atoms with E-state index in [1.165, 1.54) is 12.1 Å². The zero-order chi connectivity index (χ0) is 15.9. The van der Waals surface area contributed by atoms with Gasteiger partial charge >= 0.3 is 6.18 Å². The predicted octanol–water partition coefficient (Wildman–Crippen LogP) is 4.43. The third kappa shape index (κ3) is 2.50. The maximum Gasteiger partial charge on any atom is 0.416 e. The van der Waals surface area contributed by atoms with Crippen molar-refractivity contribution in [2.24, 2.45) is 7.05 Å². The van der Waals surface area contributed by atoms with Crippen LogP contribution in [-0.4, -0.2) is 10.4 Å². The molecule has 0 saturated carbocycles. The number of hydrogen-bond donors (Lipinski definition) is 0. The second kappa shape index (κ2) is 5.02. The van der Waals surface area contributed by atoms with E-state index in [1.807, 2.05) is 29.9 Å². The molecule has 0 unspecified atom stereocenters. The van der Waals surface area contributed by atoms with E-state index in [0.29, 0.717) is 5.56 Å². The third-order valence-corrected chi connectivity index (χ3v) is 3.62. The van der Waals surface area contributed by atoms with Crippen LogP contribution in [0.4, 0.5) is 13.2 Å². The van der Waals surface area contributed by atoms with E-state index in [4.69, 9.17) is 0 Å². The average molecular weight is 303 g/mol. The molecule has 0 bridgehead atoms. The first-order chi connectivity index (χ1) is 10.4. The fourth-order valence-corrected chi connectivity index (χ4v) is 2.40. The summed E-state index contributed by atoms with van der Waals surface area (Å²) in [6.07, 6.45) is -2.51. The highest BCUT2D eigenvalue weighted by atomic mass is 19.4. The summed E-state index contributed by atoms with van der Waals surface area (Å²) in [6, 6.07) is 11.4. The Bertz CT molecular complexity index is 844. The number of halogens is 3. The molecular weight excluding hydrogens is 291 g/mol. The standard InChI is InChI=1S/C17H12F3NO/c1-21-9-8-12-10-13(4-7-15(12)21)16(22)11-2-5-14(6-3-11)17(18,19)20/h2-10H,1H3. The van der Waals surface area contributed by atoms with Gasteiger partial charge in [0.05, 0.1) is 5.56 Å². The van der Waals surface area contributed by atoms with Crippen LogP contribution in [0.25, 0.3) is 10.9 Å². The van der Waals surface area contributed by atoms with Gasteiger partial charge < -0.3 is 4.57 Å².